The zero-order valence-electron chi connectivity index (χ0n) is 19.5. The number of ketones is 1. The first-order valence-electron chi connectivity index (χ1n) is 12.3. The first-order chi connectivity index (χ1) is 15.8. The number of carbonyl (C=O) groups excluding carboxylic acids is 1. The first kappa shape index (κ1) is 20.6. The lowest BCUT2D eigenvalue weighted by Crippen LogP contribution is -2.60. The van der Waals surface area contributed by atoms with Crippen LogP contribution in [0.4, 0.5) is 0 Å². The molecule has 8 atom stereocenters. The molecule has 0 radical (unpaired) electrons. The number of likely N-dealkylation sites (N-methyl/N-ethyl adjacent to an activating group) is 1. The topological polar surface area (TPSA) is 73.2 Å². The van der Waals surface area contributed by atoms with Crippen LogP contribution in [-0.4, -0.2) is 64.3 Å². The van der Waals surface area contributed by atoms with Gasteiger partial charge in [0.15, 0.2) is 11.6 Å². The van der Waals surface area contributed by atoms with E-state index in [0.717, 1.165) is 12.8 Å². The molecule has 1 aromatic carbocycles. The summed E-state index contributed by atoms with van der Waals surface area (Å²) in [5, 5.41) is 11.0. The number of ether oxygens (including phenoxy) is 3. The fourth-order valence-corrected chi connectivity index (χ4v) is 8.00. The number of rotatable bonds is 1. The Bertz CT molecular complexity index is 1160. The number of aromatic nitrogens is 1. The summed E-state index contributed by atoms with van der Waals surface area (Å²) in [6.45, 7) is 2.46. The molecule has 6 heterocycles. The van der Waals surface area contributed by atoms with Crippen molar-refractivity contribution in [3.05, 3.63) is 35.5 Å². The summed E-state index contributed by atoms with van der Waals surface area (Å²) in [6.07, 6.45) is 2.29. The van der Waals surface area contributed by atoms with Gasteiger partial charge in [0, 0.05) is 54.4 Å². The zero-order valence-corrected chi connectivity index (χ0v) is 19.5. The van der Waals surface area contributed by atoms with E-state index in [2.05, 4.69) is 47.8 Å². The number of fused-ring (bicyclic) bond motifs is 10. The third-order valence-corrected chi connectivity index (χ3v) is 9.55. The largest absolute Gasteiger partial charge is 0.394 e. The molecule has 7 rings (SSSR count). The van der Waals surface area contributed by atoms with Crippen LogP contribution >= 0.6 is 0 Å². The van der Waals surface area contributed by atoms with E-state index >= 15 is 0 Å². The number of hydrogen-bond donors (Lipinski definition) is 1. The lowest BCUT2D eigenvalue weighted by Gasteiger charge is -2.57. The average Bonchev–Trinajstić information content (AvgIpc) is 3.38. The molecule has 0 aliphatic carbocycles. The number of benzene rings is 1. The second kappa shape index (κ2) is 6.67. The highest BCUT2D eigenvalue weighted by molar-refractivity contribution is 5.88. The second-order valence-corrected chi connectivity index (χ2v) is 11.0. The van der Waals surface area contributed by atoms with E-state index in [9.17, 15) is 9.90 Å². The maximum atomic E-state index is 12.9. The number of nitrogens with zero attached hydrogens (tertiary/aromatic N) is 2. The van der Waals surface area contributed by atoms with Gasteiger partial charge in [0.25, 0.3) is 0 Å². The molecular weight excluding hydrogens is 420 g/mol. The molecule has 1 N–H and O–H groups in total. The van der Waals surface area contributed by atoms with Crippen LogP contribution in [0.5, 0.6) is 0 Å². The number of carbonyl (C=O) groups is 1. The molecule has 4 saturated heterocycles. The highest BCUT2D eigenvalue weighted by Crippen LogP contribution is 2.60. The molecule has 7 nitrogen and oxygen atoms in total. The van der Waals surface area contributed by atoms with Gasteiger partial charge in [0.05, 0.1) is 25.4 Å². The van der Waals surface area contributed by atoms with Crippen molar-refractivity contribution in [1.29, 1.82) is 0 Å². The van der Waals surface area contributed by atoms with Crippen LogP contribution in [0.1, 0.15) is 43.5 Å². The summed E-state index contributed by atoms with van der Waals surface area (Å²) >= 11 is 0. The Morgan fingerprint density at radius 3 is 2.79 bits per heavy atom. The Labute approximate surface area is 193 Å². The lowest BCUT2D eigenvalue weighted by molar-refractivity contribution is -0.328. The molecule has 5 aliphatic rings. The van der Waals surface area contributed by atoms with Gasteiger partial charge in [-0.3, -0.25) is 9.69 Å². The van der Waals surface area contributed by atoms with Gasteiger partial charge in [0.1, 0.15) is 0 Å². The van der Waals surface area contributed by atoms with E-state index in [0.29, 0.717) is 36.9 Å². The van der Waals surface area contributed by atoms with Crippen LogP contribution in [0.3, 0.4) is 0 Å². The number of para-hydroxylation sites is 1. The maximum Gasteiger partial charge on any atom is 0.232 e. The fourth-order valence-electron chi connectivity index (χ4n) is 8.00. The van der Waals surface area contributed by atoms with Crippen molar-refractivity contribution in [2.24, 2.45) is 24.8 Å². The lowest BCUT2D eigenvalue weighted by atomic mass is 9.63. The van der Waals surface area contributed by atoms with Gasteiger partial charge in [-0.05, 0) is 44.4 Å². The Kier molecular flexibility index (Phi) is 4.16. The summed E-state index contributed by atoms with van der Waals surface area (Å²) in [6, 6.07) is 9.48. The fraction of sp³-hybridized carbons (Fsp3) is 0.654. The molecule has 1 spiro atoms. The molecule has 4 fully saturated rings. The minimum atomic E-state index is -1.26. The van der Waals surface area contributed by atoms with Crippen molar-refractivity contribution in [1.82, 2.24) is 9.47 Å². The molecule has 7 heteroatoms. The molecule has 5 aliphatic heterocycles. The molecule has 176 valence electrons. The number of aliphatic hydroxyl groups is 1. The smallest absolute Gasteiger partial charge is 0.232 e. The quantitative estimate of drug-likeness (QED) is 0.717. The van der Waals surface area contributed by atoms with Crippen LogP contribution in [0.25, 0.3) is 10.9 Å². The van der Waals surface area contributed by atoms with Crippen LogP contribution in [-0.2, 0) is 32.5 Å². The number of hydrogen-bond acceptors (Lipinski definition) is 6. The summed E-state index contributed by atoms with van der Waals surface area (Å²) in [5.41, 5.74) is 4.23. The molecule has 0 saturated carbocycles. The van der Waals surface area contributed by atoms with Crippen molar-refractivity contribution >= 4 is 16.7 Å². The van der Waals surface area contributed by atoms with Crippen LogP contribution in [0.15, 0.2) is 24.3 Å². The van der Waals surface area contributed by atoms with Crippen molar-refractivity contribution in [3.8, 4) is 0 Å². The molecule has 33 heavy (non-hydrogen) atoms. The van der Waals surface area contributed by atoms with Gasteiger partial charge >= 0.3 is 0 Å². The second-order valence-electron chi connectivity index (χ2n) is 11.0. The SMILES string of the molecule is CN1[C@H]2C[C@@H]3[C@@H](CO[C@@]4(C)O[C@@]5(C[C@@H]34)O[C@@H](CO)CC5=O)[C@@H]1Cc1c2n(C)c2ccccc12. The summed E-state index contributed by atoms with van der Waals surface area (Å²) in [5.74, 6) is -1.27. The number of Topliss-reactive ketones (excluding diaryl/α,β-unsaturated/α-hetero) is 1. The van der Waals surface area contributed by atoms with Crippen LogP contribution < -0.4 is 0 Å². The monoisotopic (exact) mass is 452 g/mol. The van der Waals surface area contributed by atoms with Gasteiger partial charge in [0.2, 0.25) is 5.79 Å². The van der Waals surface area contributed by atoms with Crippen molar-refractivity contribution in [3.63, 3.8) is 0 Å². The highest BCUT2D eigenvalue weighted by atomic mass is 16.8. The van der Waals surface area contributed by atoms with E-state index < -0.39 is 17.7 Å². The molecule has 2 bridgehead atoms. The van der Waals surface area contributed by atoms with Gasteiger partial charge in [-0.1, -0.05) is 18.2 Å². The van der Waals surface area contributed by atoms with Crippen LogP contribution in [0, 0.1) is 17.8 Å². The first-order valence-corrected chi connectivity index (χ1v) is 12.3. The van der Waals surface area contributed by atoms with Crippen molar-refractivity contribution in [2.75, 3.05) is 20.3 Å². The molecule has 1 aromatic heterocycles. The average molecular weight is 453 g/mol. The summed E-state index contributed by atoms with van der Waals surface area (Å²) in [7, 11) is 4.46. The minimum absolute atomic E-state index is 0.0542. The minimum Gasteiger partial charge on any atom is -0.394 e. The number of aryl methyl sites for hydroxylation is 1. The summed E-state index contributed by atoms with van der Waals surface area (Å²) < 4.78 is 21.2. The van der Waals surface area contributed by atoms with Crippen molar-refractivity contribution < 1.29 is 24.1 Å². The van der Waals surface area contributed by atoms with E-state index in [1.807, 2.05) is 6.92 Å². The standard InChI is InChI=1S/C26H32N2O5/c1-25-19(11-26(33-25)23(30)8-14(12-29)32-26)16-9-22-24-17(10-21(27(22)2)18(16)13-31-25)15-6-4-5-7-20(15)28(24)3/h4-7,14,16,18-19,21-22,29H,8-13H2,1-3H3/t14-,16-,18-,19+,21+,22+,25+,26-/m1/s1. The molecule has 0 unspecified atom stereocenters. The van der Waals surface area contributed by atoms with Gasteiger partial charge in [-0.2, -0.15) is 0 Å². The zero-order chi connectivity index (χ0) is 22.7. The highest BCUT2D eigenvalue weighted by Gasteiger charge is 2.67. The van der Waals surface area contributed by atoms with E-state index in [-0.39, 0.29) is 24.7 Å². The van der Waals surface area contributed by atoms with Crippen LogP contribution in [0.2, 0.25) is 0 Å². The Hall–Kier alpha value is -1.77. The van der Waals surface area contributed by atoms with Gasteiger partial charge in [-0.15, -0.1) is 0 Å². The van der Waals surface area contributed by atoms with E-state index in [4.69, 9.17) is 14.2 Å². The molecule has 0 amide bonds. The predicted octanol–water partition coefficient (Wildman–Crippen LogP) is 2.54. The van der Waals surface area contributed by atoms with Crippen molar-refractivity contribution in [2.45, 2.75) is 62.4 Å². The number of piperidine rings is 1. The molecule has 2 aromatic rings. The summed E-state index contributed by atoms with van der Waals surface area (Å²) in [4.78, 5) is 15.5. The third kappa shape index (κ3) is 2.55. The van der Waals surface area contributed by atoms with E-state index in [1.165, 1.54) is 22.2 Å². The van der Waals surface area contributed by atoms with Gasteiger partial charge in [-0.25, -0.2) is 0 Å². The third-order valence-electron chi connectivity index (χ3n) is 9.55. The van der Waals surface area contributed by atoms with E-state index in [1.54, 1.807) is 0 Å². The predicted molar refractivity (Wildman–Crippen MR) is 120 cm³/mol. The molecular formula is C26H32N2O5. The Balaban J connectivity index is 1.28. The Morgan fingerprint density at radius 1 is 1.18 bits per heavy atom. The normalized spacial score (nSPS) is 44.3. The Morgan fingerprint density at radius 2 is 2.00 bits per heavy atom. The maximum absolute atomic E-state index is 12.9. The number of aliphatic hydroxyl groups excluding tert-OH is 1. The van der Waals surface area contributed by atoms with Gasteiger partial charge < -0.3 is 23.9 Å².